The highest BCUT2D eigenvalue weighted by atomic mass is 35.5. The van der Waals surface area contributed by atoms with Crippen LogP contribution in [0.3, 0.4) is 0 Å². The Morgan fingerprint density at radius 3 is 2.53 bits per heavy atom. The fraction of sp³-hybridized carbons (Fsp3) is 0.250. The van der Waals surface area contributed by atoms with Gasteiger partial charge in [0.15, 0.2) is 0 Å². The molecule has 0 aliphatic rings. The van der Waals surface area contributed by atoms with E-state index in [1.54, 1.807) is 0 Å². The summed E-state index contributed by atoms with van der Waals surface area (Å²) in [7, 11) is 0. The number of hydrogen-bond donors (Lipinski definition) is 1. The fourth-order valence-corrected chi connectivity index (χ4v) is 2.20. The molecular weight excluding hydrogens is 258 g/mol. The van der Waals surface area contributed by atoms with E-state index in [0.717, 1.165) is 16.9 Å². The second-order valence-electron chi connectivity index (χ2n) is 4.61. The third-order valence-corrected chi connectivity index (χ3v) is 3.40. The van der Waals surface area contributed by atoms with Crippen molar-refractivity contribution in [2.45, 2.75) is 20.0 Å². The van der Waals surface area contributed by atoms with Crippen molar-refractivity contribution in [1.82, 2.24) is 0 Å². The van der Waals surface area contributed by atoms with Crippen LogP contribution in [0.5, 0.6) is 5.75 Å². The van der Waals surface area contributed by atoms with Gasteiger partial charge in [0.1, 0.15) is 11.9 Å². The Bertz CT molecular complexity index is 568. The molecule has 0 radical (unpaired) electrons. The number of aryl methyl sites for hydroxylation is 2. The van der Waals surface area contributed by atoms with Gasteiger partial charge in [0.25, 0.3) is 0 Å². The molecule has 0 aliphatic heterocycles. The third kappa shape index (κ3) is 3.28. The van der Waals surface area contributed by atoms with Gasteiger partial charge < -0.3 is 10.5 Å². The van der Waals surface area contributed by atoms with Gasteiger partial charge in [-0.25, -0.2) is 0 Å². The van der Waals surface area contributed by atoms with Gasteiger partial charge in [0.2, 0.25) is 0 Å². The van der Waals surface area contributed by atoms with Crippen molar-refractivity contribution in [3.63, 3.8) is 0 Å². The lowest BCUT2D eigenvalue weighted by molar-refractivity contribution is 0.212. The first-order valence-electron chi connectivity index (χ1n) is 6.30. The molecule has 0 heterocycles. The van der Waals surface area contributed by atoms with Crippen molar-refractivity contribution < 1.29 is 4.74 Å². The number of nitrogens with two attached hydrogens (primary N) is 1. The van der Waals surface area contributed by atoms with Crippen molar-refractivity contribution >= 4 is 11.6 Å². The molecule has 0 bridgehead atoms. The highest BCUT2D eigenvalue weighted by molar-refractivity contribution is 6.30. The second kappa shape index (κ2) is 6.09. The number of benzene rings is 2. The Kier molecular flexibility index (Phi) is 4.46. The predicted molar refractivity (Wildman–Crippen MR) is 79.8 cm³/mol. The highest BCUT2D eigenvalue weighted by Gasteiger charge is 2.14. The first-order chi connectivity index (χ1) is 9.11. The zero-order chi connectivity index (χ0) is 13.8. The van der Waals surface area contributed by atoms with E-state index >= 15 is 0 Å². The van der Waals surface area contributed by atoms with E-state index in [1.807, 2.05) is 43.3 Å². The first-order valence-corrected chi connectivity index (χ1v) is 6.68. The number of ether oxygens (including phenoxy) is 1. The molecule has 0 spiro atoms. The van der Waals surface area contributed by atoms with Crippen LogP contribution in [0.1, 0.15) is 22.8 Å². The maximum atomic E-state index is 6.03. The molecule has 1 atom stereocenters. The maximum absolute atomic E-state index is 6.03. The molecule has 19 heavy (non-hydrogen) atoms. The standard InChI is InChI=1S/C16H18ClNO/c1-11-5-3-4-6-14(11)16(10-18)19-15-9-13(17)8-7-12(15)2/h3-9,16H,10,18H2,1-2H3. The van der Waals surface area contributed by atoms with Gasteiger partial charge in [-0.2, -0.15) is 0 Å². The Morgan fingerprint density at radius 1 is 1.11 bits per heavy atom. The van der Waals surface area contributed by atoms with E-state index in [0.29, 0.717) is 11.6 Å². The molecule has 0 aromatic heterocycles. The molecular formula is C16H18ClNO. The van der Waals surface area contributed by atoms with Gasteiger partial charge >= 0.3 is 0 Å². The summed E-state index contributed by atoms with van der Waals surface area (Å²) in [6.07, 6.45) is -0.154. The average molecular weight is 276 g/mol. The Balaban J connectivity index is 2.29. The molecule has 2 nitrogen and oxygen atoms in total. The topological polar surface area (TPSA) is 35.2 Å². The summed E-state index contributed by atoms with van der Waals surface area (Å²) in [5.41, 5.74) is 9.20. The van der Waals surface area contributed by atoms with E-state index in [-0.39, 0.29) is 6.10 Å². The summed E-state index contributed by atoms with van der Waals surface area (Å²) < 4.78 is 6.03. The molecule has 2 aromatic rings. The lowest BCUT2D eigenvalue weighted by atomic mass is 10.0. The Labute approximate surface area is 119 Å². The molecule has 0 saturated carbocycles. The van der Waals surface area contributed by atoms with Crippen LogP contribution >= 0.6 is 11.6 Å². The number of rotatable bonds is 4. The smallest absolute Gasteiger partial charge is 0.136 e. The minimum absolute atomic E-state index is 0.154. The van der Waals surface area contributed by atoms with Gasteiger partial charge in [0.05, 0.1) is 0 Å². The van der Waals surface area contributed by atoms with Gasteiger partial charge in [0, 0.05) is 11.6 Å². The minimum Gasteiger partial charge on any atom is -0.484 e. The zero-order valence-corrected chi connectivity index (χ0v) is 11.9. The van der Waals surface area contributed by atoms with E-state index in [9.17, 15) is 0 Å². The van der Waals surface area contributed by atoms with Crippen molar-refractivity contribution in [3.8, 4) is 5.75 Å². The monoisotopic (exact) mass is 275 g/mol. The van der Waals surface area contributed by atoms with E-state index in [4.69, 9.17) is 22.1 Å². The van der Waals surface area contributed by atoms with Crippen molar-refractivity contribution in [2.24, 2.45) is 5.73 Å². The molecule has 3 heteroatoms. The SMILES string of the molecule is Cc1ccc(Cl)cc1OC(CN)c1ccccc1C. The van der Waals surface area contributed by atoms with Gasteiger partial charge in [-0.15, -0.1) is 0 Å². The summed E-state index contributed by atoms with van der Waals surface area (Å²) in [6.45, 7) is 4.49. The number of hydrogen-bond acceptors (Lipinski definition) is 2. The molecule has 0 amide bonds. The predicted octanol–water partition coefficient (Wildman–Crippen LogP) is 4.04. The molecule has 100 valence electrons. The van der Waals surface area contributed by atoms with Crippen LogP contribution in [0, 0.1) is 13.8 Å². The molecule has 1 unspecified atom stereocenters. The molecule has 0 fully saturated rings. The van der Waals surface area contributed by atoms with Crippen molar-refractivity contribution in [1.29, 1.82) is 0 Å². The molecule has 0 aliphatic carbocycles. The minimum atomic E-state index is -0.154. The summed E-state index contributed by atoms with van der Waals surface area (Å²) >= 11 is 6.01. The summed E-state index contributed by atoms with van der Waals surface area (Å²) in [6, 6.07) is 13.8. The largest absolute Gasteiger partial charge is 0.484 e. The molecule has 0 saturated heterocycles. The summed E-state index contributed by atoms with van der Waals surface area (Å²) in [4.78, 5) is 0. The van der Waals surface area contributed by atoms with Crippen LogP contribution in [0.2, 0.25) is 5.02 Å². The van der Waals surface area contributed by atoms with Crippen molar-refractivity contribution in [2.75, 3.05) is 6.54 Å². The van der Waals surface area contributed by atoms with E-state index < -0.39 is 0 Å². The van der Waals surface area contributed by atoms with Crippen LogP contribution in [0.25, 0.3) is 0 Å². The van der Waals surface area contributed by atoms with Gasteiger partial charge in [-0.05, 0) is 42.7 Å². The van der Waals surface area contributed by atoms with E-state index in [2.05, 4.69) is 13.0 Å². The van der Waals surface area contributed by atoms with Crippen LogP contribution in [0.4, 0.5) is 0 Å². The van der Waals surface area contributed by atoms with Crippen LogP contribution in [0.15, 0.2) is 42.5 Å². The van der Waals surface area contributed by atoms with Crippen molar-refractivity contribution in [3.05, 3.63) is 64.2 Å². The summed E-state index contributed by atoms with van der Waals surface area (Å²) in [5.74, 6) is 0.784. The number of halogens is 1. The lowest BCUT2D eigenvalue weighted by Crippen LogP contribution is -2.19. The summed E-state index contributed by atoms with van der Waals surface area (Å²) in [5, 5.41) is 0.668. The Morgan fingerprint density at radius 2 is 1.84 bits per heavy atom. The van der Waals surface area contributed by atoms with Crippen LogP contribution in [-0.4, -0.2) is 6.54 Å². The Hall–Kier alpha value is -1.51. The van der Waals surface area contributed by atoms with Gasteiger partial charge in [-0.1, -0.05) is 41.9 Å². The lowest BCUT2D eigenvalue weighted by Gasteiger charge is -2.21. The maximum Gasteiger partial charge on any atom is 0.136 e. The van der Waals surface area contributed by atoms with Gasteiger partial charge in [-0.3, -0.25) is 0 Å². The normalized spacial score (nSPS) is 12.2. The van der Waals surface area contributed by atoms with E-state index in [1.165, 1.54) is 5.56 Å². The molecule has 2 aromatic carbocycles. The van der Waals surface area contributed by atoms with Crippen LogP contribution in [-0.2, 0) is 0 Å². The molecule has 2 rings (SSSR count). The van der Waals surface area contributed by atoms with Crippen LogP contribution < -0.4 is 10.5 Å². The first kappa shape index (κ1) is 13.9. The quantitative estimate of drug-likeness (QED) is 0.914. The third-order valence-electron chi connectivity index (χ3n) is 3.17. The fourth-order valence-electron chi connectivity index (χ4n) is 2.04. The average Bonchev–Trinajstić information content (AvgIpc) is 2.41. The second-order valence-corrected chi connectivity index (χ2v) is 5.05. The zero-order valence-electron chi connectivity index (χ0n) is 11.2. The highest BCUT2D eigenvalue weighted by Crippen LogP contribution is 2.28. The molecule has 2 N–H and O–H groups in total.